The second-order valence-corrected chi connectivity index (χ2v) is 4.44. The molecule has 0 amide bonds. The van der Waals surface area contributed by atoms with Gasteiger partial charge in [-0.05, 0) is 24.7 Å². The molecule has 2 heterocycles. The van der Waals surface area contributed by atoms with Crippen molar-refractivity contribution in [2.45, 2.75) is 13.1 Å². The summed E-state index contributed by atoms with van der Waals surface area (Å²) in [4.78, 5) is 5.07. The zero-order valence-electron chi connectivity index (χ0n) is 9.49. The number of pyridine rings is 1. The maximum Gasteiger partial charge on any atom is 0.369 e. The molecular weight excluding hydrogens is 214 g/mol. The van der Waals surface area contributed by atoms with Gasteiger partial charge in [0, 0.05) is 13.1 Å². The topological polar surface area (TPSA) is 61.4 Å². The number of H-pyrrole nitrogens is 1. The highest BCUT2D eigenvalue weighted by molar-refractivity contribution is 5.85. The zero-order chi connectivity index (χ0) is 12.0. The van der Waals surface area contributed by atoms with E-state index >= 15 is 0 Å². The highest BCUT2D eigenvalue weighted by Crippen LogP contribution is 2.32. The Kier molecular flexibility index (Phi) is 2.03. The summed E-state index contributed by atoms with van der Waals surface area (Å²) >= 11 is 0. The van der Waals surface area contributed by atoms with E-state index < -0.39 is 0 Å². The highest BCUT2D eigenvalue weighted by atomic mass is 16.3. The number of nitrogens with zero attached hydrogens (tertiary/aromatic N) is 2. The van der Waals surface area contributed by atoms with Gasteiger partial charge in [-0.2, -0.15) is 10.2 Å². The van der Waals surface area contributed by atoms with Crippen LogP contribution in [0, 0.1) is 11.3 Å². The summed E-state index contributed by atoms with van der Waals surface area (Å²) in [5.41, 5.74) is 3.35. The lowest BCUT2D eigenvalue weighted by molar-refractivity contribution is -0.363. The molecule has 3 rings (SSSR count). The SMILES string of the molecule is CN1Cc2c(O)[nH+]c3c(C#N)cccc3c2C1. The number of para-hydroxylation sites is 1. The summed E-state index contributed by atoms with van der Waals surface area (Å²) in [6, 6.07) is 7.77. The van der Waals surface area contributed by atoms with Gasteiger partial charge in [0.1, 0.15) is 11.6 Å². The summed E-state index contributed by atoms with van der Waals surface area (Å²) in [5.74, 6) is 0.180. The first-order valence-corrected chi connectivity index (χ1v) is 5.48. The van der Waals surface area contributed by atoms with Crippen LogP contribution in [0.4, 0.5) is 0 Å². The Balaban J connectivity index is 2.42. The number of nitrogens with one attached hydrogen (secondary N) is 1. The van der Waals surface area contributed by atoms with Crippen LogP contribution in [-0.4, -0.2) is 17.1 Å². The van der Waals surface area contributed by atoms with Crippen molar-refractivity contribution in [1.29, 1.82) is 5.26 Å². The molecule has 0 saturated heterocycles. The van der Waals surface area contributed by atoms with Crippen LogP contribution in [0.5, 0.6) is 5.88 Å². The van der Waals surface area contributed by atoms with Crippen LogP contribution >= 0.6 is 0 Å². The number of aromatic nitrogens is 1. The lowest BCUT2D eigenvalue weighted by Gasteiger charge is -2.03. The molecule has 0 spiro atoms. The van der Waals surface area contributed by atoms with Crippen molar-refractivity contribution < 1.29 is 10.1 Å². The van der Waals surface area contributed by atoms with Gasteiger partial charge in [0.15, 0.2) is 0 Å². The summed E-state index contributed by atoms with van der Waals surface area (Å²) in [5, 5.41) is 20.1. The van der Waals surface area contributed by atoms with Gasteiger partial charge < -0.3 is 5.11 Å². The Labute approximate surface area is 98.7 Å². The van der Waals surface area contributed by atoms with E-state index in [0.717, 1.165) is 35.1 Å². The minimum Gasteiger partial charge on any atom is -0.460 e. The summed E-state index contributed by atoms with van der Waals surface area (Å²) in [6.07, 6.45) is 0. The molecule has 1 aliphatic rings. The minimum atomic E-state index is 0.180. The van der Waals surface area contributed by atoms with Crippen molar-refractivity contribution in [2.75, 3.05) is 7.05 Å². The predicted octanol–water partition coefficient (Wildman–Crippen LogP) is 1.18. The van der Waals surface area contributed by atoms with Crippen LogP contribution in [0.3, 0.4) is 0 Å². The fourth-order valence-electron chi connectivity index (χ4n) is 2.48. The molecule has 17 heavy (non-hydrogen) atoms. The Morgan fingerprint density at radius 2 is 2.12 bits per heavy atom. The van der Waals surface area contributed by atoms with Crippen molar-refractivity contribution in [1.82, 2.24) is 4.90 Å². The molecule has 0 saturated carbocycles. The number of hydrogen-bond acceptors (Lipinski definition) is 3. The maximum atomic E-state index is 9.98. The number of aromatic amines is 1. The Hall–Kier alpha value is -2.12. The van der Waals surface area contributed by atoms with Gasteiger partial charge in [0.2, 0.25) is 5.52 Å². The number of hydrogen-bond donors (Lipinski definition) is 1. The van der Waals surface area contributed by atoms with Crippen LogP contribution in [0.2, 0.25) is 0 Å². The average molecular weight is 226 g/mol. The third-order valence-electron chi connectivity index (χ3n) is 3.26. The van der Waals surface area contributed by atoms with E-state index in [2.05, 4.69) is 16.0 Å². The minimum absolute atomic E-state index is 0.180. The second-order valence-electron chi connectivity index (χ2n) is 4.44. The van der Waals surface area contributed by atoms with Crippen molar-refractivity contribution in [3.05, 3.63) is 34.9 Å². The Morgan fingerprint density at radius 3 is 2.88 bits per heavy atom. The molecule has 0 radical (unpaired) electrons. The molecule has 1 aliphatic heterocycles. The first-order valence-electron chi connectivity index (χ1n) is 5.48. The van der Waals surface area contributed by atoms with Crippen molar-refractivity contribution in [3.8, 4) is 11.9 Å². The molecular formula is C13H12N3O+. The van der Waals surface area contributed by atoms with E-state index in [9.17, 15) is 5.11 Å². The highest BCUT2D eigenvalue weighted by Gasteiger charge is 2.27. The first kappa shape index (κ1) is 10.1. The number of fused-ring (bicyclic) bond motifs is 3. The molecule has 0 atom stereocenters. The summed E-state index contributed by atoms with van der Waals surface area (Å²) in [7, 11) is 2.01. The van der Waals surface area contributed by atoms with Gasteiger partial charge in [-0.3, -0.25) is 4.90 Å². The van der Waals surface area contributed by atoms with Crippen LogP contribution < -0.4 is 4.98 Å². The van der Waals surface area contributed by atoms with Gasteiger partial charge in [-0.1, -0.05) is 6.07 Å². The molecule has 2 aromatic rings. The van der Waals surface area contributed by atoms with E-state index in [1.165, 1.54) is 0 Å². The van der Waals surface area contributed by atoms with Crippen LogP contribution in [0.25, 0.3) is 10.9 Å². The standard InChI is InChI=1S/C13H11N3O/c1-16-6-10-9-4-2-3-8(5-14)12(9)15-13(17)11(10)7-16/h2-4H,6-7H2,1H3,(H,15,17)/p+1. The van der Waals surface area contributed by atoms with Gasteiger partial charge in [-0.25, -0.2) is 0 Å². The molecule has 0 bridgehead atoms. The van der Waals surface area contributed by atoms with Gasteiger partial charge in [-0.15, -0.1) is 0 Å². The normalized spacial score (nSPS) is 14.8. The van der Waals surface area contributed by atoms with Gasteiger partial charge in [0.05, 0.1) is 10.9 Å². The lowest BCUT2D eigenvalue weighted by Crippen LogP contribution is -2.10. The number of nitriles is 1. The molecule has 0 unspecified atom stereocenters. The average Bonchev–Trinajstić information content (AvgIpc) is 2.71. The van der Waals surface area contributed by atoms with Gasteiger partial charge in [0.25, 0.3) is 0 Å². The number of benzene rings is 1. The van der Waals surface area contributed by atoms with Crippen LogP contribution in [-0.2, 0) is 13.1 Å². The summed E-state index contributed by atoms with van der Waals surface area (Å²) in [6.45, 7) is 1.55. The van der Waals surface area contributed by atoms with Crippen LogP contribution in [0.1, 0.15) is 16.7 Å². The molecule has 1 aromatic heterocycles. The van der Waals surface area contributed by atoms with Crippen molar-refractivity contribution >= 4 is 10.9 Å². The Bertz CT molecular complexity index is 658. The quantitative estimate of drug-likeness (QED) is 0.733. The molecule has 84 valence electrons. The number of aromatic hydroxyl groups is 1. The molecule has 0 fully saturated rings. The smallest absolute Gasteiger partial charge is 0.369 e. The second kappa shape index (κ2) is 3.44. The van der Waals surface area contributed by atoms with Crippen molar-refractivity contribution in [2.24, 2.45) is 0 Å². The van der Waals surface area contributed by atoms with Crippen LogP contribution in [0.15, 0.2) is 18.2 Å². The predicted molar refractivity (Wildman–Crippen MR) is 62.1 cm³/mol. The number of rotatable bonds is 0. The largest absolute Gasteiger partial charge is 0.460 e. The fourth-order valence-corrected chi connectivity index (χ4v) is 2.48. The zero-order valence-corrected chi connectivity index (χ0v) is 9.49. The molecule has 4 nitrogen and oxygen atoms in total. The molecule has 1 aromatic carbocycles. The van der Waals surface area contributed by atoms with E-state index in [1.54, 1.807) is 6.07 Å². The Morgan fingerprint density at radius 1 is 1.35 bits per heavy atom. The third-order valence-corrected chi connectivity index (χ3v) is 3.26. The van der Waals surface area contributed by atoms with Gasteiger partial charge >= 0.3 is 5.88 Å². The van der Waals surface area contributed by atoms with E-state index in [4.69, 9.17) is 5.26 Å². The van der Waals surface area contributed by atoms with E-state index in [0.29, 0.717) is 5.56 Å². The lowest BCUT2D eigenvalue weighted by atomic mass is 10.0. The van der Waals surface area contributed by atoms with Crippen molar-refractivity contribution in [3.63, 3.8) is 0 Å². The third kappa shape index (κ3) is 1.37. The molecule has 0 aliphatic carbocycles. The molecule has 4 heteroatoms. The first-order chi connectivity index (χ1) is 8.20. The summed E-state index contributed by atoms with van der Waals surface area (Å²) < 4.78 is 0. The maximum absolute atomic E-state index is 9.98. The van der Waals surface area contributed by atoms with E-state index in [-0.39, 0.29) is 5.88 Å². The molecule has 2 N–H and O–H groups in total. The van der Waals surface area contributed by atoms with E-state index in [1.807, 2.05) is 19.2 Å². The monoisotopic (exact) mass is 226 g/mol. The fraction of sp³-hybridized carbons (Fsp3) is 0.231.